The number of carbonyl (C=O) groups is 3. The molecule has 10 heteroatoms. The number of nitrogens with one attached hydrogen (secondary N) is 1. The minimum Gasteiger partial charge on any atom is -0.466 e. The quantitative estimate of drug-likeness (QED) is 0.676. The number of aliphatic imine (C=N–C) groups is 1. The average molecular weight is 421 g/mol. The molecule has 2 aliphatic heterocycles. The van der Waals surface area contributed by atoms with Gasteiger partial charge in [0.1, 0.15) is 12.0 Å². The van der Waals surface area contributed by atoms with Gasteiger partial charge < -0.3 is 19.7 Å². The van der Waals surface area contributed by atoms with Crippen molar-refractivity contribution in [1.82, 2.24) is 15.1 Å². The van der Waals surface area contributed by atoms with Crippen LogP contribution in [-0.2, 0) is 25.6 Å². The van der Waals surface area contributed by atoms with Gasteiger partial charge in [-0.1, -0.05) is 23.7 Å². The average Bonchev–Trinajstić information content (AvgIpc) is 3.01. The summed E-state index contributed by atoms with van der Waals surface area (Å²) >= 11 is 6.00. The van der Waals surface area contributed by atoms with E-state index in [0.29, 0.717) is 31.3 Å². The lowest BCUT2D eigenvalue weighted by Gasteiger charge is -2.21. The lowest BCUT2D eigenvalue weighted by atomic mass is 10.2. The van der Waals surface area contributed by atoms with Crippen LogP contribution in [0.15, 0.2) is 41.2 Å². The van der Waals surface area contributed by atoms with E-state index in [-0.39, 0.29) is 30.7 Å². The van der Waals surface area contributed by atoms with Crippen molar-refractivity contribution in [2.45, 2.75) is 19.9 Å². The summed E-state index contributed by atoms with van der Waals surface area (Å²) in [5.74, 6) is -0.807. The molecule has 0 atom stereocenters. The molecule has 9 nitrogen and oxygen atoms in total. The van der Waals surface area contributed by atoms with Crippen LogP contribution in [0, 0.1) is 0 Å². The Labute approximate surface area is 172 Å². The Morgan fingerprint density at radius 3 is 2.93 bits per heavy atom. The van der Waals surface area contributed by atoms with Crippen molar-refractivity contribution < 1.29 is 23.9 Å². The summed E-state index contributed by atoms with van der Waals surface area (Å²) in [4.78, 5) is 43.3. The van der Waals surface area contributed by atoms with Gasteiger partial charge in [0.05, 0.1) is 13.0 Å². The highest BCUT2D eigenvalue weighted by Crippen LogP contribution is 2.20. The molecule has 0 spiro atoms. The monoisotopic (exact) mass is 420 g/mol. The van der Waals surface area contributed by atoms with Crippen LogP contribution in [0.1, 0.15) is 18.9 Å². The third-order valence-electron chi connectivity index (χ3n) is 4.27. The highest BCUT2D eigenvalue weighted by atomic mass is 35.5. The molecular weight excluding hydrogens is 400 g/mol. The molecule has 2 heterocycles. The van der Waals surface area contributed by atoms with Crippen molar-refractivity contribution in [3.63, 3.8) is 0 Å². The highest BCUT2D eigenvalue weighted by Gasteiger charge is 2.33. The number of nitrogens with zero attached hydrogens (tertiary/aromatic N) is 3. The van der Waals surface area contributed by atoms with Crippen LogP contribution in [0.3, 0.4) is 0 Å². The zero-order valence-corrected chi connectivity index (χ0v) is 16.6. The van der Waals surface area contributed by atoms with Gasteiger partial charge in [0.2, 0.25) is 0 Å². The van der Waals surface area contributed by atoms with Crippen molar-refractivity contribution in [3.8, 4) is 0 Å². The molecule has 0 radical (unpaired) electrons. The van der Waals surface area contributed by atoms with Gasteiger partial charge in [0, 0.05) is 31.2 Å². The third-order valence-corrected chi connectivity index (χ3v) is 4.50. The molecule has 29 heavy (non-hydrogen) atoms. The first-order chi connectivity index (χ1) is 14.0. The number of amides is 3. The number of rotatable bonds is 7. The molecule has 2 aliphatic rings. The topological polar surface area (TPSA) is 101 Å². The number of hydrogen-bond donors (Lipinski definition) is 1. The minimum absolute atomic E-state index is 0.0548. The predicted molar refractivity (Wildman–Crippen MR) is 105 cm³/mol. The van der Waals surface area contributed by atoms with Gasteiger partial charge in [-0.25, -0.2) is 4.79 Å². The fraction of sp³-hybridized carbons (Fsp3) is 0.368. The second kappa shape index (κ2) is 9.42. The molecule has 1 aromatic rings. The minimum atomic E-state index is -0.458. The van der Waals surface area contributed by atoms with Crippen LogP contribution in [0.4, 0.5) is 4.79 Å². The van der Waals surface area contributed by atoms with Crippen LogP contribution < -0.4 is 5.32 Å². The second-order valence-electron chi connectivity index (χ2n) is 6.31. The molecule has 154 valence electrons. The summed E-state index contributed by atoms with van der Waals surface area (Å²) in [6.45, 7) is 3.16. The summed E-state index contributed by atoms with van der Waals surface area (Å²) < 4.78 is 10.1. The SMILES string of the molecule is CCOC(=O)CCNC(=O)C1=COC2=NC(=O)N(Cc3cccc(Cl)c3)CCN12. The number of esters is 1. The number of ether oxygens (including phenoxy) is 2. The number of hydrogen-bond acceptors (Lipinski definition) is 6. The molecule has 3 amide bonds. The van der Waals surface area contributed by atoms with Gasteiger partial charge >= 0.3 is 18.0 Å². The molecule has 0 bridgehead atoms. The van der Waals surface area contributed by atoms with Gasteiger partial charge in [0.25, 0.3) is 5.91 Å². The molecular formula is C19H21ClN4O5. The number of halogens is 1. The van der Waals surface area contributed by atoms with E-state index in [1.165, 1.54) is 11.2 Å². The fourth-order valence-corrected chi connectivity index (χ4v) is 3.10. The maximum Gasteiger partial charge on any atom is 0.348 e. The summed E-state index contributed by atoms with van der Waals surface area (Å²) in [7, 11) is 0. The van der Waals surface area contributed by atoms with Crippen LogP contribution in [0.5, 0.6) is 0 Å². The Balaban J connectivity index is 1.59. The fourth-order valence-electron chi connectivity index (χ4n) is 2.89. The van der Waals surface area contributed by atoms with Crippen molar-refractivity contribution in [3.05, 3.63) is 46.8 Å². The Morgan fingerprint density at radius 2 is 2.17 bits per heavy atom. The second-order valence-corrected chi connectivity index (χ2v) is 6.75. The Kier molecular flexibility index (Phi) is 6.71. The Hall–Kier alpha value is -3.07. The molecule has 1 aromatic carbocycles. The Morgan fingerprint density at radius 1 is 1.34 bits per heavy atom. The van der Waals surface area contributed by atoms with Crippen molar-refractivity contribution in [2.75, 3.05) is 26.2 Å². The molecule has 3 rings (SSSR count). The Bertz CT molecular complexity index is 870. The number of fused-ring (bicyclic) bond motifs is 1. The van der Waals surface area contributed by atoms with Gasteiger partial charge in [-0.2, -0.15) is 0 Å². The lowest BCUT2D eigenvalue weighted by Crippen LogP contribution is -2.38. The standard InChI is InChI=1S/C19H21ClN4O5/c1-2-28-16(25)6-7-21-17(26)15-12-29-19-22-18(27)23(8-9-24(15)19)11-13-4-3-5-14(20)10-13/h3-5,10,12H,2,6-9,11H2,1H3,(H,21,26). The van der Waals surface area contributed by atoms with Gasteiger partial charge in [-0.05, 0) is 24.6 Å². The van der Waals surface area contributed by atoms with E-state index in [0.717, 1.165) is 5.56 Å². The lowest BCUT2D eigenvalue weighted by molar-refractivity contribution is -0.143. The van der Waals surface area contributed by atoms with Crippen LogP contribution >= 0.6 is 11.6 Å². The summed E-state index contributed by atoms with van der Waals surface area (Å²) in [5, 5.41) is 3.23. The smallest absolute Gasteiger partial charge is 0.348 e. The van der Waals surface area contributed by atoms with Crippen LogP contribution in [0.2, 0.25) is 5.02 Å². The van der Waals surface area contributed by atoms with E-state index in [1.54, 1.807) is 24.0 Å². The number of benzene rings is 1. The molecule has 0 saturated carbocycles. The van der Waals surface area contributed by atoms with Crippen LogP contribution in [-0.4, -0.2) is 60.0 Å². The van der Waals surface area contributed by atoms with Crippen LogP contribution in [0.25, 0.3) is 0 Å². The number of carbonyl (C=O) groups excluding carboxylic acids is 3. The van der Waals surface area contributed by atoms with E-state index in [1.807, 2.05) is 12.1 Å². The van der Waals surface area contributed by atoms with E-state index >= 15 is 0 Å². The van der Waals surface area contributed by atoms with Crippen molar-refractivity contribution in [1.29, 1.82) is 0 Å². The van der Waals surface area contributed by atoms with E-state index in [2.05, 4.69) is 10.3 Å². The van der Waals surface area contributed by atoms with Crippen molar-refractivity contribution >= 4 is 35.5 Å². The molecule has 0 saturated heterocycles. The third kappa shape index (κ3) is 5.26. The highest BCUT2D eigenvalue weighted by molar-refractivity contribution is 6.30. The first kappa shape index (κ1) is 20.7. The number of urea groups is 1. The van der Waals surface area contributed by atoms with Gasteiger partial charge in [-0.15, -0.1) is 4.99 Å². The van der Waals surface area contributed by atoms with E-state index in [9.17, 15) is 14.4 Å². The molecule has 1 N–H and O–H groups in total. The first-order valence-electron chi connectivity index (χ1n) is 9.18. The zero-order valence-electron chi connectivity index (χ0n) is 15.9. The van der Waals surface area contributed by atoms with Gasteiger partial charge in [-0.3, -0.25) is 14.5 Å². The molecule has 0 unspecified atom stereocenters. The number of amidine groups is 1. The summed E-state index contributed by atoms with van der Waals surface area (Å²) in [6.07, 6.45) is 1.32. The zero-order chi connectivity index (χ0) is 20.8. The maximum absolute atomic E-state index is 12.5. The first-order valence-corrected chi connectivity index (χ1v) is 9.56. The largest absolute Gasteiger partial charge is 0.466 e. The van der Waals surface area contributed by atoms with E-state index < -0.39 is 11.9 Å². The predicted octanol–water partition coefficient (Wildman–Crippen LogP) is 1.87. The van der Waals surface area contributed by atoms with E-state index in [4.69, 9.17) is 21.1 Å². The molecule has 0 aromatic heterocycles. The maximum atomic E-state index is 12.5. The van der Waals surface area contributed by atoms with Crippen molar-refractivity contribution in [2.24, 2.45) is 4.99 Å². The molecule has 0 aliphatic carbocycles. The molecule has 0 fully saturated rings. The normalized spacial score (nSPS) is 15.7. The summed E-state index contributed by atoms with van der Waals surface area (Å²) in [6, 6.07) is 6.83. The van der Waals surface area contributed by atoms with Gasteiger partial charge in [0.15, 0.2) is 0 Å². The summed E-state index contributed by atoms with van der Waals surface area (Å²) in [5.41, 5.74) is 1.10.